The highest BCUT2D eigenvalue weighted by Crippen LogP contribution is 2.30. The van der Waals surface area contributed by atoms with Gasteiger partial charge in [0.05, 0.1) is 11.0 Å². The molecule has 2 aromatic heterocycles. The molecule has 6 aromatic rings. The van der Waals surface area contributed by atoms with Crippen LogP contribution in [0.2, 0.25) is 0 Å². The van der Waals surface area contributed by atoms with Gasteiger partial charge in [0.2, 0.25) is 0 Å². The molecule has 0 aliphatic carbocycles. The molecule has 0 amide bonds. The summed E-state index contributed by atoms with van der Waals surface area (Å²) in [5.74, 6) is 0.768. The molecule has 0 aliphatic heterocycles. The second kappa shape index (κ2) is 7.59. The molecule has 32 heavy (non-hydrogen) atoms. The summed E-state index contributed by atoms with van der Waals surface area (Å²) < 4.78 is 3.71. The zero-order valence-electron chi connectivity index (χ0n) is 17.1. The van der Waals surface area contributed by atoms with Gasteiger partial charge in [-0.3, -0.25) is 0 Å². The Kier molecular flexibility index (Phi) is 4.32. The van der Waals surface area contributed by atoms with Crippen LogP contribution in [0.5, 0.6) is 0 Å². The molecule has 0 atom stereocenters. The van der Waals surface area contributed by atoms with Crippen molar-refractivity contribution in [3.05, 3.63) is 126 Å². The minimum absolute atomic E-state index is 0.768. The number of hydrogen-bond acceptors (Lipinski definition) is 4. The number of benzene rings is 4. The average molecular weight is 414 g/mol. The van der Waals surface area contributed by atoms with Crippen molar-refractivity contribution < 1.29 is 0 Å². The van der Waals surface area contributed by atoms with E-state index in [4.69, 9.17) is 0 Å². The number of fused-ring (bicyclic) bond motifs is 2. The minimum Gasteiger partial charge on any atom is -0.194 e. The van der Waals surface area contributed by atoms with E-state index < -0.39 is 0 Å². The standard InChI is InChI=1S/C26H18N6/c1-3-11-19(12-4-1)25(20-13-5-2-6-14-20)26(31-23-17-9-7-15-21(23)27-29-31)32-24-18-10-8-16-22(24)28-30-32/h1-18H. The molecule has 2 heterocycles. The van der Waals surface area contributed by atoms with Crippen molar-refractivity contribution in [3.8, 4) is 0 Å². The highest BCUT2D eigenvalue weighted by atomic mass is 15.5. The number of para-hydroxylation sites is 2. The Bertz CT molecular complexity index is 1440. The smallest absolute Gasteiger partial charge is 0.168 e. The lowest BCUT2D eigenvalue weighted by atomic mass is 9.97. The third-order valence-electron chi connectivity index (χ3n) is 5.45. The lowest BCUT2D eigenvalue weighted by molar-refractivity contribution is 0.618. The lowest BCUT2D eigenvalue weighted by Gasteiger charge is -2.17. The first-order valence-electron chi connectivity index (χ1n) is 10.4. The summed E-state index contributed by atoms with van der Waals surface area (Å²) >= 11 is 0. The Morgan fingerprint density at radius 3 is 1.34 bits per heavy atom. The number of hydrogen-bond donors (Lipinski definition) is 0. The van der Waals surface area contributed by atoms with Crippen LogP contribution in [-0.4, -0.2) is 30.0 Å². The van der Waals surface area contributed by atoms with Crippen LogP contribution in [0.1, 0.15) is 11.1 Å². The SMILES string of the molecule is c1ccc(C(=C(n2nnc3ccccc32)n2nnc3ccccc32)c2ccccc2)cc1. The summed E-state index contributed by atoms with van der Waals surface area (Å²) in [5.41, 5.74) is 6.50. The average Bonchev–Trinajstić information content (AvgIpc) is 3.48. The van der Waals surface area contributed by atoms with Crippen LogP contribution >= 0.6 is 0 Å². The van der Waals surface area contributed by atoms with E-state index in [1.54, 1.807) is 0 Å². The van der Waals surface area contributed by atoms with Crippen molar-refractivity contribution in [2.45, 2.75) is 0 Å². The fraction of sp³-hybridized carbons (Fsp3) is 0. The molecule has 0 radical (unpaired) electrons. The topological polar surface area (TPSA) is 61.4 Å². The molecule has 4 aromatic carbocycles. The van der Waals surface area contributed by atoms with E-state index in [9.17, 15) is 0 Å². The first-order valence-corrected chi connectivity index (χ1v) is 10.4. The molecule has 0 aliphatic rings. The maximum atomic E-state index is 4.55. The fourth-order valence-corrected chi connectivity index (χ4v) is 3.99. The summed E-state index contributed by atoms with van der Waals surface area (Å²) in [7, 11) is 0. The quantitative estimate of drug-likeness (QED) is 0.411. The third kappa shape index (κ3) is 2.97. The normalized spacial score (nSPS) is 11.1. The van der Waals surface area contributed by atoms with Gasteiger partial charge in [-0.15, -0.1) is 10.2 Å². The monoisotopic (exact) mass is 414 g/mol. The van der Waals surface area contributed by atoms with Crippen LogP contribution in [0, 0.1) is 5.82 Å². The lowest BCUT2D eigenvalue weighted by Crippen LogP contribution is -2.18. The molecular weight excluding hydrogens is 396 g/mol. The van der Waals surface area contributed by atoms with Gasteiger partial charge in [-0.1, -0.05) is 95.4 Å². The van der Waals surface area contributed by atoms with Gasteiger partial charge >= 0.3 is 0 Å². The van der Waals surface area contributed by atoms with Crippen molar-refractivity contribution in [2.24, 2.45) is 0 Å². The van der Waals surface area contributed by atoms with Crippen molar-refractivity contribution in [1.29, 1.82) is 0 Å². The summed E-state index contributed by atoms with van der Waals surface area (Å²) in [6.07, 6.45) is 0. The van der Waals surface area contributed by atoms with Crippen LogP contribution < -0.4 is 0 Å². The molecule has 0 saturated carbocycles. The molecule has 152 valence electrons. The van der Waals surface area contributed by atoms with Gasteiger partial charge in [0.25, 0.3) is 0 Å². The number of nitrogens with zero attached hydrogens (tertiary/aromatic N) is 6. The van der Waals surface area contributed by atoms with E-state index in [-0.39, 0.29) is 0 Å². The van der Waals surface area contributed by atoms with Gasteiger partial charge in [-0.05, 0) is 35.4 Å². The van der Waals surface area contributed by atoms with Crippen LogP contribution in [0.4, 0.5) is 0 Å². The molecule has 6 rings (SSSR count). The molecule has 0 fully saturated rings. The molecule has 0 bridgehead atoms. The second-order valence-electron chi connectivity index (χ2n) is 7.41. The van der Waals surface area contributed by atoms with Gasteiger partial charge in [0, 0.05) is 5.57 Å². The van der Waals surface area contributed by atoms with Crippen LogP contribution in [0.25, 0.3) is 27.6 Å². The Hall–Kier alpha value is -4.58. The van der Waals surface area contributed by atoms with Gasteiger partial charge in [0.15, 0.2) is 5.82 Å². The highest BCUT2D eigenvalue weighted by Gasteiger charge is 2.21. The largest absolute Gasteiger partial charge is 0.194 e. The van der Waals surface area contributed by atoms with E-state index in [0.29, 0.717) is 0 Å². The molecular formula is C26H18N6. The minimum atomic E-state index is 0.768. The predicted octanol–water partition coefficient (Wildman–Crippen LogP) is 4.92. The van der Waals surface area contributed by atoms with Gasteiger partial charge in [-0.25, -0.2) is 0 Å². The van der Waals surface area contributed by atoms with Gasteiger partial charge in [-0.2, -0.15) is 9.36 Å². The van der Waals surface area contributed by atoms with E-state index in [1.165, 1.54) is 0 Å². The summed E-state index contributed by atoms with van der Waals surface area (Å²) in [5, 5.41) is 17.9. The van der Waals surface area contributed by atoms with Crippen molar-refractivity contribution in [3.63, 3.8) is 0 Å². The zero-order valence-corrected chi connectivity index (χ0v) is 17.1. The second-order valence-corrected chi connectivity index (χ2v) is 7.41. The maximum absolute atomic E-state index is 4.55. The van der Waals surface area contributed by atoms with E-state index in [0.717, 1.165) is 44.6 Å². The first kappa shape index (κ1) is 18.2. The molecule has 0 N–H and O–H groups in total. The Labute approximate surface area is 184 Å². The molecule has 0 unspecified atom stereocenters. The molecule has 6 nitrogen and oxygen atoms in total. The first-order chi connectivity index (χ1) is 15.9. The highest BCUT2D eigenvalue weighted by molar-refractivity contribution is 5.84. The summed E-state index contributed by atoms with van der Waals surface area (Å²) in [4.78, 5) is 0. The van der Waals surface area contributed by atoms with Crippen LogP contribution in [0.15, 0.2) is 109 Å². The van der Waals surface area contributed by atoms with Crippen molar-refractivity contribution >= 4 is 27.6 Å². The van der Waals surface area contributed by atoms with Crippen LogP contribution in [0.3, 0.4) is 0 Å². The number of aromatic nitrogens is 6. The molecule has 0 spiro atoms. The summed E-state index contributed by atoms with van der Waals surface area (Å²) in [6, 6.07) is 36.4. The molecule has 6 heteroatoms. The zero-order chi connectivity index (χ0) is 21.3. The van der Waals surface area contributed by atoms with Gasteiger partial charge < -0.3 is 0 Å². The third-order valence-corrected chi connectivity index (χ3v) is 5.45. The summed E-state index contributed by atoms with van der Waals surface area (Å²) in [6.45, 7) is 0. The fourth-order valence-electron chi connectivity index (χ4n) is 3.99. The van der Waals surface area contributed by atoms with E-state index in [1.807, 2.05) is 94.3 Å². The predicted molar refractivity (Wildman–Crippen MR) is 124 cm³/mol. The van der Waals surface area contributed by atoms with Crippen molar-refractivity contribution in [2.75, 3.05) is 0 Å². The Balaban J connectivity index is 1.79. The van der Waals surface area contributed by atoms with Gasteiger partial charge in [0.1, 0.15) is 11.0 Å². The van der Waals surface area contributed by atoms with Crippen molar-refractivity contribution in [1.82, 2.24) is 30.0 Å². The maximum Gasteiger partial charge on any atom is 0.168 e. The molecule has 0 saturated heterocycles. The Morgan fingerprint density at radius 1 is 0.469 bits per heavy atom. The van der Waals surface area contributed by atoms with Crippen LogP contribution in [-0.2, 0) is 0 Å². The van der Waals surface area contributed by atoms with E-state index in [2.05, 4.69) is 44.9 Å². The number of rotatable bonds is 4. The van der Waals surface area contributed by atoms with E-state index >= 15 is 0 Å². The Morgan fingerprint density at radius 2 is 0.875 bits per heavy atom.